The SMILES string of the molecule is CCCN1CCC(Nc2cccc(Sc3ccc(C(=O)C=CN4CCOCC4)c(C(F)(F)F)c3C(F)(F)F)c2)CC1. The number of benzene rings is 2. The van der Waals surface area contributed by atoms with E-state index >= 15 is 0 Å². The molecule has 2 fully saturated rings. The van der Waals surface area contributed by atoms with Gasteiger partial charge in [-0.1, -0.05) is 24.8 Å². The van der Waals surface area contributed by atoms with Gasteiger partial charge in [-0.25, -0.2) is 0 Å². The Bertz CT molecular complexity index is 1220. The lowest BCUT2D eigenvalue weighted by Crippen LogP contribution is -2.39. The number of piperidine rings is 1. The van der Waals surface area contributed by atoms with Gasteiger partial charge in [0.1, 0.15) is 0 Å². The zero-order chi connectivity index (χ0) is 29.6. The molecule has 5 nitrogen and oxygen atoms in total. The van der Waals surface area contributed by atoms with Gasteiger partial charge in [0, 0.05) is 65.5 Å². The van der Waals surface area contributed by atoms with Crippen LogP contribution in [0.2, 0.25) is 0 Å². The van der Waals surface area contributed by atoms with Gasteiger partial charge in [0.25, 0.3) is 0 Å². The molecule has 2 aliphatic rings. The second-order valence-corrected chi connectivity index (χ2v) is 11.2. The van der Waals surface area contributed by atoms with E-state index in [2.05, 4.69) is 17.1 Å². The minimum atomic E-state index is -5.41. The fourth-order valence-corrected chi connectivity index (χ4v) is 6.11. The van der Waals surface area contributed by atoms with E-state index in [9.17, 15) is 31.1 Å². The van der Waals surface area contributed by atoms with Crippen LogP contribution in [0.15, 0.2) is 58.5 Å². The molecule has 0 atom stereocenters. The monoisotopic (exact) mass is 601 g/mol. The minimum absolute atomic E-state index is 0.196. The summed E-state index contributed by atoms with van der Waals surface area (Å²) in [5.74, 6) is -1.15. The van der Waals surface area contributed by atoms with E-state index in [4.69, 9.17) is 4.74 Å². The van der Waals surface area contributed by atoms with Crippen molar-refractivity contribution in [3.8, 4) is 0 Å². The molecule has 0 saturated carbocycles. The highest BCUT2D eigenvalue weighted by molar-refractivity contribution is 7.99. The first-order valence-corrected chi connectivity index (χ1v) is 14.4. The third kappa shape index (κ3) is 8.42. The molecule has 2 saturated heterocycles. The molecule has 0 aromatic heterocycles. The number of alkyl halides is 6. The Labute approximate surface area is 239 Å². The summed E-state index contributed by atoms with van der Waals surface area (Å²) in [5.41, 5.74) is -4.18. The average Bonchev–Trinajstić information content (AvgIpc) is 2.92. The van der Waals surface area contributed by atoms with Gasteiger partial charge in [-0.2, -0.15) is 26.3 Å². The molecular formula is C29H33F6N3O2S. The van der Waals surface area contributed by atoms with E-state index in [0.717, 1.165) is 57.1 Å². The van der Waals surface area contributed by atoms with Gasteiger partial charge in [-0.3, -0.25) is 4.79 Å². The van der Waals surface area contributed by atoms with E-state index in [1.807, 2.05) is 0 Å². The lowest BCUT2D eigenvalue weighted by molar-refractivity contribution is -0.163. The third-order valence-electron chi connectivity index (χ3n) is 7.04. The van der Waals surface area contributed by atoms with Gasteiger partial charge in [0.05, 0.1) is 24.3 Å². The van der Waals surface area contributed by atoms with Crippen LogP contribution in [0.1, 0.15) is 47.7 Å². The Kier molecular flexibility index (Phi) is 10.3. The van der Waals surface area contributed by atoms with E-state index in [-0.39, 0.29) is 6.04 Å². The average molecular weight is 602 g/mol. The first-order valence-electron chi connectivity index (χ1n) is 13.6. The Morgan fingerprint density at radius 2 is 1.68 bits per heavy atom. The number of nitrogens with zero attached hydrogens (tertiary/aromatic N) is 2. The zero-order valence-corrected chi connectivity index (χ0v) is 23.5. The molecule has 2 heterocycles. The molecule has 224 valence electrons. The number of hydrogen-bond acceptors (Lipinski definition) is 6. The number of carbonyl (C=O) groups excluding carboxylic acids is 1. The number of halogens is 6. The fraction of sp³-hybridized carbons (Fsp3) is 0.483. The van der Waals surface area contributed by atoms with Gasteiger partial charge in [0.2, 0.25) is 0 Å². The van der Waals surface area contributed by atoms with Crippen LogP contribution in [-0.2, 0) is 17.1 Å². The molecule has 0 amide bonds. The molecule has 2 aromatic carbocycles. The van der Waals surface area contributed by atoms with Crippen molar-refractivity contribution in [2.24, 2.45) is 0 Å². The maximum absolute atomic E-state index is 14.3. The van der Waals surface area contributed by atoms with Crippen molar-refractivity contribution >= 4 is 23.2 Å². The molecule has 41 heavy (non-hydrogen) atoms. The normalized spacial score (nSPS) is 17.8. The van der Waals surface area contributed by atoms with E-state index < -0.39 is 39.7 Å². The number of ether oxygens (including phenoxy) is 1. The lowest BCUT2D eigenvalue weighted by atomic mass is 9.96. The standard InChI is InChI=1S/C29H33F6N3O2S/c1-2-11-37-12-8-20(9-13-37)36-21-4-3-5-22(19-21)41-25-7-6-23(24(39)10-14-38-15-17-40-18-16-38)26(28(30,31)32)27(25)29(33,34)35/h3-7,10,14,19-20,36H,2,8-9,11-13,15-18H2,1H3. The molecule has 0 aliphatic carbocycles. The Morgan fingerprint density at radius 1 is 1.00 bits per heavy atom. The summed E-state index contributed by atoms with van der Waals surface area (Å²) in [4.78, 5) is 16.5. The number of morpholine rings is 1. The summed E-state index contributed by atoms with van der Waals surface area (Å²) < 4.78 is 90.5. The highest BCUT2D eigenvalue weighted by Crippen LogP contribution is 2.48. The number of hydrogen-bond donors (Lipinski definition) is 1. The van der Waals surface area contributed by atoms with Crippen LogP contribution in [0, 0.1) is 0 Å². The molecular weight excluding hydrogens is 568 g/mol. The molecule has 2 aliphatic heterocycles. The van der Waals surface area contributed by atoms with Crippen LogP contribution in [0.3, 0.4) is 0 Å². The highest BCUT2D eigenvalue weighted by atomic mass is 32.2. The smallest absolute Gasteiger partial charge is 0.382 e. The predicted molar refractivity (Wildman–Crippen MR) is 146 cm³/mol. The molecule has 1 N–H and O–H groups in total. The summed E-state index contributed by atoms with van der Waals surface area (Å²) in [7, 11) is 0. The van der Waals surface area contributed by atoms with E-state index in [1.54, 1.807) is 29.2 Å². The molecule has 0 bridgehead atoms. The van der Waals surface area contributed by atoms with Gasteiger partial charge >= 0.3 is 12.4 Å². The number of nitrogens with one attached hydrogen (secondary N) is 1. The molecule has 2 aromatic rings. The van der Waals surface area contributed by atoms with Gasteiger partial charge in [0.15, 0.2) is 5.78 Å². The summed E-state index contributed by atoms with van der Waals surface area (Å²) in [6.45, 7) is 6.66. The summed E-state index contributed by atoms with van der Waals surface area (Å²) >= 11 is 0.591. The Morgan fingerprint density at radius 3 is 2.32 bits per heavy atom. The second kappa shape index (κ2) is 13.5. The van der Waals surface area contributed by atoms with Crippen molar-refractivity contribution in [2.75, 3.05) is 51.3 Å². The highest BCUT2D eigenvalue weighted by Gasteiger charge is 2.47. The second-order valence-electron chi connectivity index (χ2n) is 10.1. The fourth-order valence-electron chi connectivity index (χ4n) is 5.07. The topological polar surface area (TPSA) is 44.8 Å². The van der Waals surface area contributed by atoms with Crippen molar-refractivity contribution in [1.29, 1.82) is 0 Å². The van der Waals surface area contributed by atoms with Gasteiger partial charge < -0.3 is 19.9 Å². The molecule has 0 unspecified atom stereocenters. The zero-order valence-electron chi connectivity index (χ0n) is 22.7. The molecule has 12 heteroatoms. The largest absolute Gasteiger partial charge is 0.418 e. The number of allylic oxidation sites excluding steroid dienone is 1. The van der Waals surface area contributed by atoms with Gasteiger partial charge in [-0.05, 0) is 56.1 Å². The third-order valence-corrected chi connectivity index (χ3v) is 8.09. The maximum atomic E-state index is 14.3. The lowest BCUT2D eigenvalue weighted by Gasteiger charge is -2.32. The van der Waals surface area contributed by atoms with E-state index in [1.165, 1.54) is 6.20 Å². The first-order chi connectivity index (χ1) is 19.5. The Balaban J connectivity index is 1.60. The quantitative estimate of drug-likeness (QED) is 0.187. The van der Waals surface area contributed by atoms with E-state index in [0.29, 0.717) is 48.6 Å². The van der Waals surface area contributed by atoms with Crippen LogP contribution in [0.5, 0.6) is 0 Å². The molecule has 0 spiro atoms. The van der Waals surface area contributed by atoms with Crippen LogP contribution in [-0.4, -0.2) is 67.6 Å². The summed E-state index contributed by atoms with van der Waals surface area (Å²) in [6, 6.07) is 8.61. The number of rotatable bonds is 9. The summed E-state index contributed by atoms with van der Waals surface area (Å²) in [6.07, 6.45) is -5.67. The van der Waals surface area contributed by atoms with Crippen molar-refractivity contribution in [2.45, 2.75) is 54.4 Å². The molecule has 4 rings (SSSR count). The first kappa shape index (κ1) is 31.2. The number of ketones is 1. The van der Waals surface area contributed by atoms with Crippen LogP contribution < -0.4 is 5.32 Å². The maximum Gasteiger partial charge on any atom is 0.418 e. The van der Waals surface area contributed by atoms with Crippen molar-refractivity contribution in [3.05, 3.63) is 65.4 Å². The van der Waals surface area contributed by atoms with Crippen LogP contribution in [0.25, 0.3) is 0 Å². The number of anilines is 1. The predicted octanol–water partition coefficient (Wildman–Crippen LogP) is 7.19. The van der Waals surface area contributed by atoms with Crippen molar-refractivity contribution < 1.29 is 35.9 Å². The Hall–Kier alpha value is -2.70. The number of likely N-dealkylation sites (tertiary alicyclic amines) is 1. The van der Waals surface area contributed by atoms with Crippen molar-refractivity contribution in [1.82, 2.24) is 9.80 Å². The number of carbonyl (C=O) groups is 1. The molecule has 0 radical (unpaired) electrons. The van der Waals surface area contributed by atoms with Crippen LogP contribution in [0.4, 0.5) is 32.0 Å². The van der Waals surface area contributed by atoms with Gasteiger partial charge in [-0.15, -0.1) is 0 Å². The summed E-state index contributed by atoms with van der Waals surface area (Å²) in [5, 5.41) is 3.41. The van der Waals surface area contributed by atoms with Crippen LogP contribution >= 0.6 is 11.8 Å². The van der Waals surface area contributed by atoms with Crippen molar-refractivity contribution in [3.63, 3.8) is 0 Å². The minimum Gasteiger partial charge on any atom is -0.382 e.